The summed E-state index contributed by atoms with van der Waals surface area (Å²) in [5, 5.41) is 10.3. The summed E-state index contributed by atoms with van der Waals surface area (Å²) in [5.41, 5.74) is -1.69. The second kappa shape index (κ2) is 8.40. The Morgan fingerprint density at radius 3 is 2.39 bits per heavy atom. The van der Waals surface area contributed by atoms with Gasteiger partial charge < -0.3 is 19.3 Å². The zero-order chi connectivity index (χ0) is 24.2. The molecule has 0 bridgehead atoms. The minimum absolute atomic E-state index is 0.00772. The number of aliphatic hydroxyl groups is 1. The third-order valence-electron chi connectivity index (χ3n) is 5.37. The Morgan fingerprint density at radius 1 is 1.15 bits per heavy atom. The second-order valence-electron chi connectivity index (χ2n) is 7.66. The predicted octanol–water partition coefficient (Wildman–Crippen LogP) is 5.89. The lowest BCUT2D eigenvalue weighted by Gasteiger charge is -2.43. The Balaban J connectivity index is 1.82. The average molecular weight is 532 g/mol. The summed E-state index contributed by atoms with van der Waals surface area (Å²) in [7, 11) is 1.28. The minimum atomic E-state index is -1.42. The Labute approximate surface area is 207 Å². The van der Waals surface area contributed by atoms with Crippen molar-refractivity contribution in [3.63, 3.8) is 0 Å². The van der Waals surface area contributed by atoms with Crippen LogP contribution in [-0.4, -0.2) is 35.4 Å². The smallest absolute Gasteiger partial charge is 0.345 e. The van der Waals surface area contributed by atoms with Crippen molar-refractivity contribution in [2.24, 2.45) is 5.92 Å². The van der Waals surface area contributed by atoms with Crippen LogP contribution in [0.15, 0.2) is 30.0 Å². The van der Waals surface area contributed by atoms with E-state index in [2.05, 4.69) is 0 Å². The van der Waals surface area contributed by atoms with Crippen molar-refractivity contribution in [2.45, 2.75) is 18.9 Å². The van der Waals surface area contributed by atoms with Gasteiger partial charge >= 0.3 is 5.97 Å². The predicted molar refractivity (Wildman–Crippen MR) is 122 cm³/mol. The Morgan fingerprint density at radius 2 is 1.79 bits per heavy atom. The molecule has 0 radical (unpaired) electrons. The number of rotatable bonds is 3. The maximum absolute atomic E-state index is 13.3. The highest BCUT2D eigenvalue weighted by atomic mass is 35.5. The number of Topliss-reactive ketones (excluding diaryl/α,β-unsaturated/α-hetero) is 1. The third kappa shape index (κ3) is 3.93. The topological polar surface area (TPSA) is 99.1 Å². The van der Waals surface area contributed by atoms with Crippen molar-refractivity contribution in [1.29, 1.82) is 0 Å². The number of ether oxygens (including phenoxy) is 3. The second-order valence-corrected chi connectivity index (χ2v) is 9.29. The van der Waals surface area contributed by atoms with Crippen LogP contribution in [0.3, 0.4) is 0 Å². The number of ketones is 2. The van der Waals surface area contributed by atoms with E-state index in [1.165, 1.54) is 32.2 Å². The van der Waals surface area contributed by atoms with Crippen molar-refractivity contribution in [3.8, 4) is 17.2 Å². The molecule has 0 aromatic heterocycles. The van der Waals surface area contributed by atoms with Gasteiger partial charge in [-0.3, -0.25) is 9.59 Å². The zero-order valence-electron chi connectivity index (χ0n) is 17.0. The number of hydrogen-bond acceptors (Lipinski definition) is 7. The van der Waals surface area contributed by atoms with Crippen molar-refractivity contribution in [2.75, 3.05) is 7.11 Å². The molecule has 1 aliphatic carbocycles. The number of benzene rings is 2. The van der Waals surface area contributed by atoms with Crippen LogP contribution in [-0.2, 0) is 4.79 Å². The molecule has 2 aromatic carbocycles. The summed E-state index contributed by atoms with van der Waals surface area (Å²) in [4.78, 5) is 38.3. The molecule has 2 aromatic rings. The average Bonchev–Trinajstić information content (AvgIpc) is 2.70. The number of carbonyl (C=O) groups excluding carboxylic acids is 3. The van der Waals surface area contributed by atoms with E-state index in [-0.39, 0.29) is 54.9 Å². The molecular weight excluding hydrogens is 518 g/mol. The molecule has 0 unspecified atom stereocenters. The van der Waals surface area contributed by atoms with Gasteiger partial charge in [0.15, 0.2) is 23.1 Å². The molecule has 0 saturated heterocycles. The van der Waals surface area contributed by atoms with Crippen LogP contribution in [0, 0.1) is 5.92 Å². The molecule has 11 heteroatoms. The first-order chi connectivity index (χ1) is 15.5. The van der Waals surface area contributed by atoms with Crippen molar-refractivity contribution in [3.05, 3.63) is 61.3 Å². The number of methoxy groups -OCH3 is 1. The third-order valence-corrected chi connectivity index (χ3v) is 6.52. The lowest BCUT2D eigenvalue weighted by atomic mass is 9.73. The van der Waals surface area contributed by atoms with Crippen molar-refractivity contribution < 1.29 is 33.7 Å². The Hall–Kier alpha value is -2.45. The van der Waals surface area contributed by atoms with Gasteiger partial charge in [-0.1, -0.05) is 46.4 Å². The number of allylic oxidation sites excluding steroid dienone is 1. The van der Waals surface area contributed by atoms with Gasteiger partial charge in [-0.05, 0) is 25.1 Å². The molecule has 172 valence electrons. The first kappa shape index (κ1) is 23.7. The van der Waals surface area contributed by atoms with Gasteiger partial charge in [0, 0.05) is 11.1 Å². The highest BCUT2D eigenvalue weighted by Gasteiger charge is 2.53. The van der Waals surface area contributed by atoms with Crippen LogP contribution in [0.2, 0.25) is 20.1 Å². The van der Waals surface area contributed by atoms with Crippen LogP contribution in [0.4, 0.5) is 0 Å². The molecule has 0 amide bonds. The van der Waals surface area contributed by atoms with E-state index < -0.39 is 34.8 Å². The van der Waals surface area contributed by atoms with Crippen LogP contribution in [0.1, 0.15) is 34.1 Å². The SMILES string of the molecule is COc1cc(C(=O)Oc2c(Cl)cc(Cl)cc2Cl)c(Cl)c2c1C(=O)[C@H]1C(O)=CC(=O)C[C@]1(C)O2. The number of esters is 1. The van der Waals surface area contributed by atoms with Crippen LogP contribution in [0.25, 0.3) is 0 Å². The maximum Gasteiger partial charge on any atom is 0.345 e. The lowest BCUT2D eigenvalue weighted by Crippen LogP contribution is -2.52. The molecule has 33 heavy (non-hydrogen) atoms. The molecule has 2 aliphatic rings. The zero-order valence-corrected chi connectivity index (χ0v) is 20.0. The quantitative estimate of drug-likeness (QED) is 0.389. The molecule has 1 N–H and O–H groups in total. The molecule has 0 spiro atoms. The van der Waals surface area contributed by atoms with Crippen molar-refractivity contribution in [1.82, 2.24) is 0 Å². The summed E-state index contributed by atoms with van der Waals surface area (Å²) in [5.74, 6) is -3.85. The number of halogens is 4. The molecule has 7 nitrogen and oxygen atoms in total. The van der Waals surface area contributed by atoms with Crippen LogP contribution < -0.4 is 14.2 Å². The van der Waals surface area contributed by atoms with Gasteiger partial charge in [-0.25, -0.2) is 4.79 Å². The number of carbonyl (C=O) groups is 3. The highest BCUT2D eigenvalue weighted by Crippen LogP contribution is 2.50. The normalized spacial score (nSPS) is 21.5. The van der Waals surface area contributed by atoms with Gasteiger partial charge in [-0.15, -0.1) is 0 Å². The van der Waals surface area contributed by atoms with Gasteiger partial charge in [0.25, 0.3) is 0 Å². The van der Waals surface area contributed by atoms with Gasteiger partial charge in [0.1, 0.15) is 28.6 Å². The summed E-state index contributed by atoms with van der Waals surface area (Å²) >= 11 is 24.5. The van der Waals surface area contributed by atoms with E-state index in [0.29, 0.717) is 0 Å². The van der Waals surface area contributed by atoms with Gasteiger partial charge in [0.2, 0.25) is 0 Å². The molecule has 0 fully saturated rings. The lowest BCUT2D eigenvalue weighted by molar-refractivity contribution is -0.121. The van der Waals surface area contributed by atoms with Crippen LogP contribution in [0.5, 0.6) is 17.2 Å². The number of hydrogen-bond donors (Lipinski definition) is 1. The van der Waals surface area contributed by atoms with E-state index in [1.807, 2.05) is 0 Å². The first-order valence-corrected chi connectivity index (χ1v) is 10.9. The fourth-order valence-electron chi connectivity index (χ4n) is 3.97. The van der Waals surface area contributed by atoms with E-state index in [0.717, 1.165) is 6.08 Å². The van der Waals surface area contributed by atoms with E-state index in [9.17, 15) is 19.5 Å². The summed E-state index contributed by atoms with van der Waals surface area (Å²) < 4.78 is 16.6. The molecule has 1 heterocycles. The largest absolute Gasteiger partial charge is 0.511 e. The van der Waals surface area contributed by atoms with Gasteiger partial charge in [0.05, 0.1) is 34.2 Å². The highest BCUT2D eigenvalue weighted by molar-refractivity contribution is 6.40. The number of fused-ring (bicyclic) bond motifs is 2. The molecular formula is C22H14Cl4O7. The molecule has 1 aliphatic heterocycles. The van der Waals surface area contributed by atoms with Crippen LogP contribution >= 0.6 is 46.4 Å². The Bertz CT molecular complexity index is 1250. The fraction of sp³-hybridized carbons (Fsp3) is 0.227. The van der Waals surface area contributed by atoms with Gasteiger partial charge in [-0.2, -0.15) is 0 Å². The Kier molecular flexibility index (Phi) is 6.03. The molecule has 0 saturated carbocycles. The first-order valence-electron chi connectivity index (χ1n) is 9.40. The molecule has 2 atom stereocenters. The fourth-order valence-corrected chi connectivity index (χ4v) is 5.13. The minimum Gasteiger partial charge on any atom is -0.511 e. The molecule has 4 rings (SSSR count). The number of aliphatic hydroxyl groups excluding tert-OH is 1. The van der Waals surface area contributed by atoms with Crippen molar-refractivity contribution >= 4 is 63.9 Å². The summed E-state index contributed by atoms with van der Waals surface area (Å²) in [6.07, 6.45) is 0.814. The summed E-state index contributed by atoms with van der Waals surface area (Å²) in [6, 6.07) is 3.89. The van der Waals surface area contributed by atoms with E-state index >= 15 is 0 Å². The standard InChI is InChI=1S/C22H14Cl4O7/c1-22-7-9(27)5-13(28)16(22)18(29)15-14(31-2)6-10(17(26)20(15)33-22)21(30)32-19-11(24)3-8(23)4-12(19)25/h3-6,16,28H,7H2,1-2H3/t16-,22+/m1/s1. The monoisotopic (exact) mass is 530 g/mol. The summed E-state index contributed by atoms with van der Waals surface area (Å²) in [6.45, 7) is 1.50. The maximum atomic E-state index is 13.3. The van der Waals surface area contributed by atoms with E-state index in [1.54, 1.807) is 0 Å². The van der Waals surface area contributed by atoms with E-state index in [4.69, 9.17) is 60.6 Å².